The molecular weight excluding hydrogens is 446 g/mol. The van der Waals surface area contributed by atoms with Gasteiger partial charge in [-0.15, -0.1) is 0 Å². The Morgan fingerprint density at radius 2 is 1.70 bits per heavy atom. The molecule has 174 valence electrons. The highest BCUT2D eigenvalue weighted by Gasteiger charge is 2.36. The number of nitrogens with zero attached hydrogens (tertiary/aromatic N) is 1. The molecule has 1 saturated heterocycles. The van der Waals surface area contributed by atoms with Gasteiger partial charge in [-0.2, -0.15) is 0 Å². The lowest BCUT2D eigenvalue weighted by Gasteiger charge is -2.17. The molecule has 0 bridgehead atoms. The molecular formula is C24H26ClN3O5. The number of hydrogen-bond acceptors (Lipinski definition) is 5. The molecule has 2 aromatic rings. The van der Waals surface area contributed by atoms with Crippen LogP contribution in [-0.4, -0.2) is 41.9 Å². The van der Waals surface area contributed by atoms with E-state index in [2.05, 4.69) is 10.7 Å². The number of ether oxygens (including phenoxy) is 1. The molecule has 1 fully saturated rings. The van der Waals surface area contributed by atoms with Crippen LogP contribution in [0.25, 0.3) is 0 Å². The number of halogens is 1. The molecule has 9 heteroatoms. The van der Waals surface area contributed by atoms with Crippen molar-refractivity contribution in [2.45, 2.75) is 33.1 Å². The third-order valence-corrected chi connectivity index (χ3v) is 5.66. The Kier molecular flexibility index (Phi) is 8.06. The second-order valence-corrected chi connectivity index (χ2v) is 8.10. The lowest BCUT2D eigenvalue weighted by Crippen LogP contribution is -2.43. The molecule has 1 aliphatic rings. The van der Waals surface area contributed by atoms with E-state index >= 15 is 0 Å². The van der Waals surface area contributed by atoms with Gasteiger partial charge in [0, 0.05) is 22.7 Å². The molecule has 0 radical (unpaired) electrons. The van der Waals surface area contributed by atoms with Gasteiger partial charge < -0.3 is 10.1 Å². The molecule has 0 aliphatic carbocycles. The van der Waals surface area contributed by atoms with Gasteiger partial charge in [-0.1, -0.05) is 43.6 Å². The number of anilines is 1. The van der Waals surface area contributed by atoms with E-state index in [1.807, 2.05) is 32.0 Å². The van der Waals surface area contributed by atoms with E-state index in [1.54, 1.807) is 12.1 Å². The Hall–Kier alpha value is -3.39. The van der Waals surface area contributed by atoms with Crippen molar-refractivity contribution in [1.29, 1.82) is 0 Å². The van der Waals surface area contributed by atoms with E-state index in [9.17, 15) is 19.2 Å². The van der Waals surface area contributed by atoms with Crippen LogP contribution in [0.2, 0.25) is 5.02 Å². The number of nitrogens with one attached hydrogen (secondary N) is 2. The number of amides is 3. The van der Waals surface area contributed by atoms with Crippen molar-refractivity contribution in [3.8, 4) is 0 Å². The van der Waals surface area contributed by atoms with Crippen LogP contribution in [0, 0.1) is 5.92 Å². The van der Waals surface area contributed by atoms with Gasteiger partial charge in [0.05, 0.1) is 12.5 Å². The fourth-order valence-corrected chi connectivity index (χ4v) is 3.72. The van der Waals surface area contributed by atoms with Crippen molar-refractivity contribution in [1.82, 2.24) is 10.4 Å². The van der Waals surface area contributed by atoms with Gasteiger partial charge in [0.25, 0.3) is 11.8 Å². The van der Waals surface area contributed by atoms with Crippen molar-refractivity contribution < 1.29 is 23.9 Å². The van der Waals surface area contributed by atoms with Crippen molar-refractivity contribution in [3.05, 3.63) is 64.2 Å². The lowest BCUT2D eigenvalue weighted by molar-refractivity contribution is -0.151. The SMILES string of the molecule is CCc1cccc(CC)c1NC(=O)COC(=O)[C@H]1CC(=O)N(NC(=O)c2ccc(Cl)cc2)C1. The van der Waals surface area contributed by atoms with Crippen LogP contribution in [0.4, 0.5) is 5.69 Å². The third kappa shape index (κ3) is 6.10. The number of esters is 1. The second kappa shape index (κ2) is 11.0. The Balaban J connectivity index is 1.52. The molecule has 1 aliphatic heterocycles. The molecule has 1 atom stereocenters. The zero-order valence-corrected chi connectivity index (χ0v) is 19.3. The Bertz CT molecular complexity index is 1030. The van der Waals surface area contributed by atoms with Crippen LogP contribution in [0.5, 0.6) is 0 Å². The van der Waals surface area contributed by atoms with Crippen molar-refractivity contribution in [2.24, 2.45) is 5.92 Å². The van der Waals surface area contributed by atoms with Gasteiger partial charge in [-0.25, -0.2) is 0 Å². The summed E-state index contributed by atoms with van der Waals surface area (Å²) in [6.07, 6.45) is 1.40. The zero-order valence-electron chi connectivity index (χ0n) is 18.5. The number of carbonyl (C=O) groups is 4. The second-order valence-electron chi connectivity index (χ2n) is 7.67. The van der Waals surface area contributed by atoms with E-state index in [0.29, 0.717) is 10.6 Å². The number of carbonyl (C=O) groups excluding carboxylic acids is 4. The Morgan fingerprint density at radius 3 is 2.30 bits per heavy atom. The van der Waals surface area contributed by atoms with Gasteiger partial charge in [-0.3, -0.25) is 29.6 Å². The van der Waals surface area contributed by atoms with Gasteiger partial charge in [0.15, 0.2) is 6.61 Å². The smallest absolute Gasteiger partial charge is 0.311 e. The molecule has 0 spiro atoms. The van der Waals surface area contributed by atoms with E-state index in [1.165, 1.54) is 12.1 Å². The Labute approximate surface area is 197 Å². The number of hydrogen-bond donors (Lipinski definition) is 2. The van der Waals surface area contributed by atoms with Crippen LogP contribution < -0.4 is 10.7 Å². The number of benzene rings is 2. The van der Waals surface area contributed by atoms with Crippen LogP contribution in [0.15, 0.2) is 42.5 Å². The monoisotopic (exact) mass is 471 g/mol. The molecule has 0 aromatic heterocycles. The minimum absolute atomic E-state index is 0.0305. The first-order valence-electron chi connectivity index (χ1n) is 10.8. The number of aryl methyl sites for hydroxylation is 2. The van der Waals surface area contributed by atoms with Crippen LogP contribution in [0.3, 0.4) is 0 Å². The fraction of sp³-hybridized carbons (Fsp3) is 0.333. The molecule has 3 amide bonds. The number of hydrazine groups is 1. The Morgan fingerprint density at radius 1 is 1.06 bits per heavy atom. The molecule has 33 heavy (non-hydrogen) atoms. The van der Waals surface area contributed by atoms with Crippen molar-refractivity contribution in [2.75, 3.05) is 18.5 Å². The fourth-order valence-electron chi connectivity index (χ4n) is 3.60. The quantitative estimate of drug-likeness (QED) is 0.575. The highest BCUT2D eigenvalue weighted by Crippen LogP contribution is 2.23. The predicted molar refractivity (Wildman–Crippen MR) is 124 cm³/mol. The molecule has 0 saturated carbocycles. The molecule has 3 rings (SSSR count). The summed E-state index contributed by atoms with van der Waals surface area (Å²) in [7, 11) is 0. The summed E-state index contributed by atoms with van der Waals surface area (Å²) in [5.74, 6) is -2.79. The van der Waals surface area contributed by atoms with Gasteiger partial charge in [0.1, 0.15) is 0 Å². The maximum absolute atomic E-state index is 12.4. The first kappa shape index (κ1) is 24.3. The molecule has 2 aromatic carbocycles. The van der Waals surface area contributed by atoms with Crippen molar-refractivity contribution >= 4 is 41.0 Å². The predicted octanol–water partition coefficient (Wildman–Crippen LogP) is 3.14. The maximum atomic E-state index is 12.4. The standard InChI is InChI=1S/C24H26ClN3O5/c1-3-15-6-5-7-16(4-2)22(15)26-20(29)14-33-24(32)18-12-21(30)28(13-18)27-23(31)17-8-10-19(25)11-9-17/h5-11,18H,3-4,12-14H2,1-2H3,(H,26,29)(H,27,31)/t18-/m0/s1. The maximum Gasteiger partial charge on any atom is 0.311 e. The van der Waals surface area contributed by atoms with Crippen LogP contribution >= 0.6 is 11.6 Å². The largest absolute Gasteiger partial charge is 0.455 e. The highest BCUT2D eigenvalue weighted by atomic mass is 35.5. The number of rotatable bonds is 8. The summed E-state index contributed by atoms with van der Waals surface area (Å²) in [5, 5.41) is 4.41. The summed E-state index contributed by atoms with van der Waals surface area (Å²) < 4.78 is 5.15. The molecule has 2 N–H and O–H groups in total. The van der Waals surface area contributed by atoms with Gasteiger partial charge >= 0.3 is 5.97 Å². The lowest BCUT2D eigenvalue weighted by atomic mass is 10.0. The van der Waals surface area contributed by atoms with Gasteiger partial charge in [-0.05, 0) is 48.2 Å². The van der Waals surface area contributed by atoms with E-state index in [0.717, 1.165) is 34.7 Å². The topological polar surface area (TPSA) is 105 Å². The highest BCUT2D eigenvalue weighted by molar-refractivity contribution is 6.30. The summed E-state index contributed by atoms with van der Waals surface area (Å²) in [5.41, 5.74) is 5.56. The van der Waals surface area contributed by atoms with E-state index in [4.69, 9.17) is 16.3 Å². The van der Waals surface area contributed by atoms with Crippen molar-refractivity contribution in [3.63, 3.8) is 0 Å². The average molecular weight is 472 g/mol. The average Bonchev–Trinajstić information content (AvgIpc) is 3.18. The molecule has 8 nitrogen and oxygen atoms in total. The third-order valence-electron chi connectivity index (χ3n) is 5.41. The van der Waals surface area contributed by atoms with E-state index < -0.39 is 36.2 Å². The first-order chi connectivity index (χ1) is 15.8. The van der Waals surface area contributed by atoms with Crippen LogP contribution in [0.1, 0.15) is 41.8 Å². The number of para-hydroxylation sites is 1. The van der Waals surface area contributed by atoms with Crippen LogP contribution in [-0.2, 0) is 32.0 Å². The summed E-state index contributed by atoms with van der Waals surface area (Å²) in [4.78, 5) is 49.4. The zero-order chi connectivity index (χ0) is 24.0. The minimum atomic E-state index is -0.773. The van der Waals surface area contributed by atoms with Gasteiger partial charge in [0.2, 0.25) is 5.91 Å². The minimum Gasteiger partial charge on any atom is -0.455 e. The molecule has 0 unspecified atom stereocenters. The molecule has 1 heterocycles. The summed E-state index contributed by atoms with van der Waals surface area (Å²) in [6.45, 7) is 3.51. The first-order valence-corrected chi connectivity index (χ1v) is 11.1. The summed E-state index contributed by atoms with van der Waals surface area (Å²) >= 11 is 5.82. The summed E-state index contributed by atoms with van der Waals surface area (Å²) in [6, 6.07) is 12.0. The normalized spacial score (nSPS) is 15.3. The van der Waals surface area contributed by atoms with E-state index in [-0.39, 0.29) is 13.0 Å².